The summed E-state index contributed by atoms with van der Waals surface area (Å²) in [6.07, 6.45) is -3.68. The summed E-state index contributed by atoms with van der Waals surface area (Å²) in [5.74, 6) is -1.59. The minimum absolute atomic E-state index is 0.00785. The summed E-state index contributed by atoms with van der Waals surface area (Å²) in [6.45, 7) is 0.637. The number of carbonyl (C=O) groups is 2. The van der Waals surface area contributed by atoms with Crippen LogP contribution < -0.4 is 5.32 Å². The molecular weight excluding hydrogens is 412 g/mol. The monoisotopic (exact) mass is 428 g/mol. The van der Waals surface area contributed by atoms with Crippen LogP contribution in [0.4, 0.5) is 17.6 Å². The molecule has 3 rings (SSSR count). The maximum absolute atomic E-state index is 13.8. The lowest BCUT2D eigenvalue weighted by Crippen LogP contribution is -2.46. The molecule has 0 aliphatic carbocycles. The molecule has 0 spiro atoms. The van der Waals surface area contributed by atoms with Crippen LogP contribution in [0.3, 0.4) is 0 Å². The fourth-order valence-electron chi connectivity index (χ4n) is 3.17. The molecule has 0 atom stereocenters. The number of benzene rings is 2. The highest BCUT2D eigenvalue weighted by Gasteiger charge is 2.32. The van der Waals surface area contributed by atoms with Gasteiger partial charge in [0.05, 0.1) is 21.7 Å². The number of alkyl halides is 3. The van der Waals surface area contributed by atoms with Gasteiger partial charge in [0.2, 0.25) is 0 Å². The minimum atomic E-state index is -4.55. The fraction of sp³-hybridized carbons (Fsp3) is 0.300. The average molecular weight is 429 g/mol. The van der Waals surface area contributed by atoms with E-state index < -0.39 is 29.4 Å². The van der Waals surface area contributed by atoms with Crippen molar-refractivity contribution < 1.29 is 27.2 Å². The van der Waals surface area contributed by atoms with Gasteiger partial charge in [-0.2, -0.15) is 13.2 Å². The molecular formula is C20H17ClF4N2O2. The van der Waals surface area contributed by atoms with Gasteiger partial charge in [-0.3, -0.25) is 9.59 Å². The van der Waals surface area contributed by atoms with E-state index in [1.807, 2.05) is 0 Å². The van der Waals surface area contributed by atoms with E-state index in [4.69, 9.17) is 11.6 Å². The summed E-state index contributed by atoms with van der Waals surface area (Å²) < 4.78 is 51.9. The Morgan fingerprint density at radius 2 is 1.69 bits per heavy atom. The highest BCUT2D eigenvalue weighted by molar-refractivity contribution is 6.33. The number of nitrogens with zero attached hydrogens (tertiary/aromatic N) is 1. The number of likely N-dealkylation sites (tertiary alicyclic amines) is 1. The summed E-state index contributed by atoms with van der Waals surface area (Å²) in [4.78, 5) is 26.3. The first-order valence-electron chi connectivity index (χ1n) is 8.88. The summed E-state index contributed by atoms with van der Waals surface area (Å²) in [6, 6.07) is 7.99. The Morgan fingerprint density at radius 1 is 1.03 bits per heavy atom. The minimum Gasteiger partial charge on any atom is -0.349 e. The van der Waals surface area contributed by atoms with Crippen LogP contribution in [-0.4, -0.2) is 35.8 Å². The zero-order chi connectivity index (χ0) is 21.2. The van der Waals surface area contributed by atoms with Gasteiger partial charge >= 0.3 is 6.18 Å². The second-order valence-electron chi connectivity index (χ2n) is 6.71. The van der Waals surface area contributed by atoms with Gasteiger partial charge in [0.25, 0.3) is 11.8 Å². The molecule has 9 heteroatoms. The molecule has 1 aliphatic heterocycles. The van der Waals surface area contributed by atoms with Gasteiger partial charge in [-0.25, -0.2) is 4.39 Å². The van der Waals surface area contributed by atoms with Crippen LogP contribution in [-0.2, 0) is 6.18 Å². The normalized spacial score (nSPS) is 15.3. The van der Waals surface area contributed by atoms with E-state index in [2.05, 4.69) is 5.32 Å². The van der Waals surface area contributed by atoms with E-state index in [1.165, 1.54) is 23.1 Å². The molecule has 0 unspecified atom stereocenters. The van der Waals surface area contributed by atoms with Gasteiger partial charge < -0.3 is 10.2 Å². The second-order valence-corrected chi connectivity index (χ2v) is 7.12. The predicted octanol–water partition coefficient (Wildman–Crippen LogP) is 4.53. The average Bonchev–Trinajstić information content (AvgIpc) is 2.67. The van der Waals surface area contributed by atoms with Crippen molar-refractivity contribution in [2.24, 2.45) is 0 Å². The van der Waals surface area contributed by atoms with Gasteiger partial charge in [0.1, 0.15) is 5.82 Å². The van der Waals surface area contributed by atoms with Crippen LogP contribution in [0.5, 0.6) is 0 Å². The fourth-order valence-corrected chi connectivity index (χ4v) is 3.44. The first-order chi connectivity index (χ1) is 13.7. The summed E-state index contributed by atoms with van der Waals surface area (Å²) >= 11 is 5.85. The van der Waals surface area contributed by atoms with Gasteiger partial charge in [-0.05, 0) is 43.2 Å². The van der Waals surface area contributed by atoms with Crippen LogP contribution in [0.25, 0.3) is 0 Å². The summed E-state index contributed by atoms with van der Waals surface area (Å²) in [5.41, 5.74) is -0.991. The first-order valence-corrected chi connectivity index (χ1v) is 9.26. The summed E-state index contributed by atoms with van der Waals surface area (Å²) in [7, 11) is 0. The van der Waals surface area contributed by atoms with Crippen LogP contribution in [0.2, 0.25) is 5.02 Å². The van der Waals surface area contributed by atoms with E-state index in [0.717, 1.165) is 12.1 Å². The van der Waals surface area contributed by atoms with Gasteiger partial charge in [0.15, 0.2) is 0 Å². The smallest absolute Gasteiger partial charge is 0.349 e. The van der Waals surface area contributed by atoms with Crippen LogP contribution in [0.15, 0.2) is 42.5 Å². The van der Waals surface area contributed by atoms with Gasteiger partial charge in [0, 0.05) is 19.1 Å². The molecule has 0 saturated carbocycles. The lowest BCUT2D eigenvalue weighted by atomic mass is 10.0. The SMILES string of the molecule is O=C(NC1CCN(C(=O)c2ccccc2F)CC1)c1ccc(C(F)(F)F)cc1Cl. The standard InChI is InChI=1S/C20H17ClF4N2O2/c21-16-11-12(20(23,24)25)5-6-14(16)18(28)26-13-7-9-27(10-8-13)19(29)15-3-1-2-4-17(15)22/h1-6,11,13H,7-10H2,(H,26,28). The number of rotatable bonds is 3. The Bertz CT molecular complexity index is 925. The van der Waals surface area contributed by atoms with Gasteiger partial charge in [-0.1, -0.05) is 23.7 Å². The molecule has 0 aromatic heterocycles. The molecule has 2 aromatic carbocycles. The van der Waals surface area contributed by atoms with Crippen molar-refractivity contribution in [3.63, 3.8) is 0 Å². The molecule has 4 nitrogen and oxygen atoms in total. The molecule has 0 radical (unpaired) electrons. The van der Waals surface area contributed by atoms with E-state index in [9.17, 15) is 27.2 Å². The Labute approximate surface area is 169 Å². The van der Waals surface area contributed by atoms with Crippen molar-refractivity contribution in [3.8, 4) is 0 Å². The lowest BCUT2D eigenvalue weighted by molar-refractivity contribution is -0.137. The second kappa shape index (κ2) is 8.41. The Hall–Kier alpha value is -2.61. The quantitative estimate of drug-likeness (QED) is 0.730. The third kappa shape index (κ3) is 4.87. The predicted molar refractivity (Wildman–Crippen MR) is 99.2 cm³/mol. The van der Waals surface area contributed by atoms with Crippen LogP contribution >= 0.6 is 11.6 Å². The molecule has 2 aromatic rings. The summed E-state index contributed by atoms with van der Waals surface area (Å²) in [5, 5.41) is 2.44. The molecule has 1 N–H and O–H groups in total. The van der Waals surface area contributed by atoms with E-state index in [0.29, 0.717) is 32.0 Å². The third-order valence-corrected chi connectivity index (χ3v) is 5.08. The molecule has 1 aliphatic rings. The Balaban J connectivity index is 1.59. The van der Waals surface area contributed by atoms with E-state index >= 15 is 0 Å². The molecule has 1 saturated heterocycles. The highest BCUT2D eigenvalue weighted by Crippen LogP contribution is 2.32. The molecule has 154 valence electrons. The number of halogens is 5. The maximum Gasteiger partial charge on any atom is 0.416 e. The van der Waals surface area contributed by atoms with Crippen molar-refractivity contribution >= 4 is 23.4 Å². The third-order valence-electron chi connectivity index (χ3n) is 4.76. The van der Waals surface area contributed by atoms with Crippen molar-refractivity contribution in [3.05, 3.63) is 70.0 Å². The lowest BCUT2D eigenvalue weighted by Gasteiger charge is -2.32. The topological polar surface area (TPSA) is 49.4 Å². The Kier molecular flexibility index (Phi) is 6.12. The number of carbonyl (C=O) groups excluding carboxylic acids is 2. The van der Waals surface area contributed by atoms with Crippen molar-refractivity contribution in [2.75, 3.05) is 13.1 Å². The molecule has 2 amide bonds. The van der Waals surface area contributed by atoms with Crippen molar-refractivity contribution in [1.29, 1.82) is 0 Å². The molecule has 1 heterocycles. The number of piperidine rings is 1. The zero-order valence-corrected chi connectivity index (χ0v) is 15.9. The van der Waals surface area contributed by atoms with Crippen molar-refractivity contribution in [1.82, 2.24) is 10.2 Å². The van der Waals surface area contributed by atoms with Crippen LogP contribution in [0.1, 0.15) is 39.1 Å². The largest absolute Gasteiger partial charge is 0.416 e. The van der Waals surface area contributed by atoms with E-state index in [-0.39, 0.29) is 22.2 Å². The van der Waals surface area contributed by atoms with Crippen molar-refractivity contribution in [2.45, 2.75) is 25.1 Å². The highest BCUT2D eigenvalue weighted by atomic mass is 35.5. The molecule has 29 heavy (non-hydrogen) atoms. The maximum atomic E-state index is 13.8. The first kappa shape index (κ1) is 21.1. The number of amides is 2. The molecule has 0 bridgehead atoms. The molecule has 1 fully saturated rings. The zero-order valence-electron chi connectivity index (χ0n) is 15.1. The van der Waals surface area contributed by atoms with E-state index in [1.54, 1.807) is 6.07 Å². The number of nitrogens with one attached hydrogen (secondary N) is 1. The van der Waals surface area contributed by atoms with Crippen LogP contribution in [0, 0.1) is 5.82 Å². The Morgan fingerprint density at radius 3 is 2.28 bits per heavy atom. The number of hydrogen-bond acceptors (Lipinski definition) is 2. The number of hydrogen-bond donors (Lipinski definition) is 1. The van der Waals surface area contributed by atoms with Gasteiger partial charge in [-0.15, -0.1) is 0 Å².